The van der Waals surface area contributed by atoms with Crippen LogP contribution in [0.1, 0.15) is 30.6 Å². The Bertz CT molecular complexity index is 678. The third-order valence-corrected chi connectivity index (χ3v) is 3.61. The third-order valence-electron chi connectivity index (χ3n) is 3.61. The number of aliphatic hydroxyl groups is 1. The monoisotopic (exact) mass is 323 g/mol. The summed E-state index contributed by atoms with van der Waals surface area (Å²) in [5.41, 5.74) is -0.547. The quantitative estimate of drug-likeness (QED) is 0.764. The van der Waals surface area contributed by atoms with Crippen molar-refractivity contribution in [3.05, 3.63) is 41.6 Å². The van der Waals surface area contributed by atoms with Gasteiger partial charge in [0.1, 0.15) is 11.6 Å². The van der Waals surface area contributed by atoms with E-state index in [1.54, 1.807) is 0 Å². The van der Waals surface area contributed by atoms with Gasteiger partial charge in [0.2, 0.25) is 0 Å². The van der Waals surface area contributed by atoms with Crippen molar-refractivity contribution in [3.8, 4) is 11.3 Å². The summed E-state index contributed by atoms with van der Waals surface area (Å²) >= 11 is 0. The van der Waals surface area contributed by atoms with Crippen LogP contribution in [0.3, 0.4) is 0 Å². The maximum atomic E-state index is 13.9. The molecule has 0 aliphatic heterocycles. The molecule has 1 heterocycles. The van der Waals surface area contributed by atoms with Crippen molar-refractivity contribution in [2.45, 2.75) is 20.3 Å². The Kier molecular flexibility index (Phi) is 5.10. The number of rotatable bonds is 6. The number of carbonyl (C=O) groups is 1. The number of benzene rings is 1. The molecule has 1 amide bonds. The number of amides is 1. The second-order valence-corrected chi connectivity index (χ2v) is 6.08. The first-order valence-electron chi connectivity index (χ1n) is 7.22. The minimum absolute atomic E-state index is 0.00179. The lowest BCUT2D eigenvalue weighted by Crippen LogP contribution is -2.34. The Hall–Kier alpha value is -2.28. The zero-order valence-electron chi connectivity index (χ0n) is 13.0. The molecule has 0 atom stereocenters. The molecule has 7 heteroatoms. The molecule has 0 spiro atoms. The molecule has 2 aromatic rings. The average Bonchev–Trinajstić information content (AvgIpc) is 2.94. The number of aromatic amines is 1. The van der Waals surface area contributed by atoms with Crippen LogP contribution >= 0.6 is 0 Å². The van der Waals surface area contributed by atoms with Crippen LogP contribution in [-0.2, 0) is 0 Å². The van der Waals surface area contributed by atoms with E-state index in [2.05, 4.69) is 15.5 Å². The second-order valence-electron chi connectivity index (χ2n) is 6.08. The van der Waals surface area contributed by atoms with Crippen molar-refractivity contribution < 1.29 is 18.7 Å². The molecule has 0 aliphatic rings. The predicted molar refractivity (Wildman–Crippen MR) is 81.8 cm³/mol. The minimum Gasteiger partial charge on any atom is -0.396 e. The summed E-state index contributed by atoms with van der Waals surface area (Å²) in [5.74, 6) is -2.03. The van der Waals surface area contributed by atoms with Gasteiger partial charge < -0.3 is 10.4 Å². The lowest BCUT2D eigenvalue weighted by Gasteiger charge is -2.23. The standard InChI is InChI=1S/C16H19F2N3O2/c1-16(2,6-7-22)9-19-15(23)10-8-20-21-14(10)13-11(17)4-3-5-12(13)18/h3-5,8,22H,6-7,9H2,1-2H3,(H,19,23)(H,20,21). The van der Waals surface area contributed by atoms with Crippen LogP contribution in [0.4, 0.5) is 8.78 Å². The molecule has 124 valence electrons. The van der Waals surface area contributed by atoms with Gasteiger partial charge in [-0.3, -0.25) is 9.89 Å². The van der Waals surface area contributed by atoms with Crippen LogP contribution in [0.15, 0.2) is 24.4 Å². The molecule has 1 aromatic heterocycles. The molecular weight excluding hydrogens is 304 g/mol. The van der Waals surface area contributed by atoms with Crippen molar-refractivity contribution in [1.82, 2.24) is 15.5 Å². The molecular formula is C16H19F2N3O2. The Labute approximate surface area is 132 Å². The molecule has 0 fully saturated rings. The van der Waals surface area contributed by atoms with E-state index in [0.29, 0.717) is 13.0 Å². The van der Waals surface area contributed by atoms with Crippen LogP contribution in [0.25, 0.3) is 11.3 Å². The molecule has 5 nitrogen and oxygen atoms in total. The van der Waals surface area contributed by atoms with E-state index in [1.165, 1.54) is 12.3 Å². The first kappa shape index (κ1) is 17.1. The van der Waals surface area contributed by atoms with E-state index in [0.717, 1.165) is 12.1 Å². The van der Waals surface area contributed by atoms with Gasteiger partial charge in [-0.25, -0.2) is 8.78 Å². The van der Waals surface area contributed by atoms with E-state index in [-0.39, 0.29) is 28.8 Å². The van der Waals surface area contributed by atoms with E-state index in [1.807, 2.05) is 13.8 Å². The molecule has 0 saturated heterocycles. The van der Waals surface area contributed by atoms with E-state index in [9.17, 15) is 13.6 Å². The molecule has 23 heavy (non-hydrogen) atoms. The summed E-state index contributed by atoms with van der Waals surface area (Å²) in [6.45, 7) is 4.13. The van der Waals surface area contributed by atoms with Gasteiger partial charge in [-0.05, 0) is 24.0 Å². The highest BCUT2D eigenvalue weighted by Gasteiger charge is 2.23. The lowest BCUT2D eigenvalue weighted by atomic mass is 9.89. The highest BCUT2D eigenvalue weighted by Crippen LogP contribution is 2.27. The van der Waals surface area contributed by atoms with Crippen molar-refractivity contribution in [2.75, 3.05) is 13.2 Å². The highest BCUT2D eigenvalue weighted by atomic mass is 19.1. The highest BCUT2D eigenvalue weighted by molar-refractivity contribution is 5.99. The topological polar surface area (TPSA) is 78.0 Å². The summed E-state index contributed by atoms with van der Waals surface area (Å²) in [7, 11) is 0. The zero-order chi connectivity index (χ0) is 17.0. The van der Waals surface area contributed by atoms with Gasteiger partial charge in [0.05, 0.1) is 23.0 Å². The largest absolute Gasteiger partial charge is 0.396 e. The van der Waals surface area contributed by atoms with Crippen molar-refractivity contribution >= 4 is 5.91 Å². The van der Waals surface area contributed by atoms with Gasteiger partial charge >= 0.3 is 0 Å². The van der Waals surface area contributed by atoms with Crippen LogP contribution in [0.5, 0.6) is 0 Å². The Morgan fingerprint density at radius 3 is 2.61 bits per heavy atom. The van der Waals surface area contributed by atoms with Crippen LogP contribution < -0.4 is 5.32 Å². The number of nitrogens with zero attached hydrogens (tertiary/aromatic N) is 1. The van der Waals surface area contributed by atoms with Crippen LogP contribution in [0, 0.1) is 17.0 Å². The molecule has 1 aromatic carbocycles. The number of H-pyrrole nitrogens is 1. The average molecular weight is 323 g/mol. The van der Waals surface area contributed by atoms with E-state index >= 15 is 0 Å². The minimum atomic E-state index is -0.774. The number of aliphatic hydroxyl groups excluding tert-OH is 1. The predicted octanol–water partition coefficient (Wildman–Crippen LogP) is 2.49. The Morgan fingerprint density at radius 2 is 2.00 bits per heavy atom. The summed E-state index contributed by atoms with van der Waals surface area (Å²) in [6.07, 6.45) is 1.75. The number of carbonyl (C=O) groups excluding carboxylic acids is 1. The van der Waals surface area contributed by atoms with Gasteiger partial charge in [-0.1, -0.05) is 19.9 Å². The van der Waals surface area contributed by atoms with Gasteiger partial charge in [-0.15, -0.1) is 0 Å². The number of nitrogens with one attached hydrogen (secondary N) is 2. The first-order valence-corrected chi connectivity index (χ1v) is 7.22. The van der Waals surface area contributed by atoms with E-state index in [4.69, 9.17) is 5.11 Å². The molecule has 0 saturated carbocycles. The van der Waals surface area contributed by atoms with E-state index < -0.39 is 17.5 Å². The maximum Gasteiger partial charge on any atom is 0.255 e. The normalized spacial score (nSPS) is 11.5. The molecule has 2 rings (SSSR count). The van der Waals surface area contributed by atoms with Crippen molar-refractivity contribution in [2.24, 2.45) is 5.41 Å². The number of hydrogen-bond donors (Lipinski definition) is 3. The van der Waals surface area contributed by atoms with Gasteiger partial charge in [0.15, 0.2) is 0 Å². The summed E-state index contributed by atoms with van der Waals surface area (Å²) < 4.78 is 27.8. The van der Waals surface area contributed by atoms with Gasteiger partial charge in [0.25, 0.3) is 5.91 Å². The summed E-state index contributed by atoms with van der Waals surface area (Å²) in [4.78, 5) is 12.3. The fourth-order valence-corrected chi connectivity index (χ4v) is 2.19. The zero-order valence-corrected chi connectivity index (χ0v) is 13.0. The first-order chi connectivity index (χ1) is 10.9. The summed E-state index contributed by atoms with van der Waals surface area (Å²) in [6, 6.07) is 3.48. The Morgan fingerprint density at radius 1 is 1.35 bits per heavy atom. The summed E-state index contributed by atoms with van der Waals surface area (Å²) in [5, 5.41) is 17.9. The smallest absolute Gasteiger partial charge is 0.255 e. The van der Waals surface area contributed by atoms with Crippen molar-refractivity contribution in [1.29, 1.82) is 0 Å². The molecule has 0 radical (unpaired) electrons. The van der Waals surface area contributed by atoms with Crippen LogP contribution in [0.2, 0.25) is 0 Å². The molecule has 0 unspecified atom stereocenters. The molecule has 0 bridgehead atoms. The fourth-order valence-electron chi connectivity index (χ4n) is 2.19. The SMILES string of the molecule is CC(C)(CCO)CNC(=O)c1cn[nH]c1-c1c(F)cccc1F. The number of aromatic nitrogens is 2. The van der Waals surface area contributed by atoms with Gasteiger partial charge in [0, 0.05) is 13.2 Å². The fraction of sp³-hybridized carbons (Fsp3) is 0.375. The Balaban J connectivity index is 2.23. The third kappa shape index (κ3) is 3.92. The second kappa shape index (κ2) is 6.87. The maximum absolute atomic E-state index is 13.9. The molecule has 3 N–H and O–H groups in total. The molecule has 0 aliphatic carbocycles. The number of hydrogen-bond acceptors (Lipinski definition) is 3. The lowest BCUT2D eigenvalue weighted by molar-refractivity contribution is 0.0929. The van der Waals surface area contributed by atoms with Crippen molar-refractivity contribution in [3.63, 3.8) is 0 Å². The van der Waals surface area contributed by atoms with Gasteiger partial charge in [-0.2, -0.15) is 5.10 Å². The number of halogens is 2. The van der Waals surface area contributed by atoms with Crippen LogP contribution in [-0.4, -0.2) is 34.4 Å².